The van der Waals surface area contributed by atoms with Crippen molar-refractivity contribution in [1.29, 1.82) is 0 Å². The number of rotatable bonds is 4. The molecule has 0 aliphatic heterocycles. The molecule has 0 saturated carbocycles. The van der Waals surface area contributed by atoms with Gasteiger partial charge in [0.25, 0.3) is 5.56 Å². The van der Waals surface area contributed by atoms with E-state index in [1.54, 1.807) is 13.0 Å². The van der Waals surface area contributed by atoms with Crippen molar-refractivity contribution in [2.24, 2.45) is 5.73 Å². The van der Waals surface area contributed by atoms with Gasteiger partial charge in [0, 0.05) is 5.56 Å². The van der Waals surface area contributed by atoms with E-state index in [9.17, 15) is 19.5 Å². The molecule has 0 radical (unpaired) electrons. The normalized spacial score (nSPS) is 12.3. The summed E-state index contributed by atoms with van der Waals surface area (Å²) in [6, 6.07) is 6.42. The van der Waals surface area contributed by atoms with E-state index in [-0.39, 0.29) is 16.1 Å². The Morgan fingerprint density at radius 1 is 1.31 bits per heavy atom. The molecule has 0 spiro atoms. The second-order valence-corrected chi connectivity index (χ2v) is 7.10. The predicted molar refractivity (Wildman–Crippen MR) is 99.7 cm³/mol. The summed E-state index contributed by atoms with van der Waals surface area (Å²) in [6.07, 6.45) is 0. The van der Waals surface area contributed by atoms with Gasteiger partial charge in [-0.15, -0.1) is 11.3 Å². The molecule has 1 atom stereocenters. The number of fused-ring (bicyclic) bond motifs is 1. The minimum absolute atomic E-state index is 0.0595. The van der Waals surface area contributed by atoms with E-state index >= 15 is 0 Å². The summed E-state index contributed by atoms with van der Waals surface area (Å²) in [4.78, 5) is 41.3. The van der Waals surface area contributed by atoms with Gasteiger partial charge in [0.15, 0.2) is 0 Å². The summed E-state index contributed by atoms with van der Waals surface area (Å²) >= 11 is 0.948. The Balaban J connectivity index is 2.46. The quantitative estimate of drug-likeness (QED) is 0.731. The standard InChI is InChI=1S/C18H17N3O4S/c1-8-5-4-6-11(7-8)15-20-16-12(9(2)13(26-16)18(24)25)17(23)21(15)10(3)14(19)22/h4-7,10H,1-3H3,(H2,19,22)(H,24,25). The third-order valence-corrected chi connectivity index (χ3v) is 5.44. The monoisotopic (exact) mass is 371 g/mol. The summed E-state index contributed by atoms with van der Waals surface area (Å²) in [5.74, 6) is -1.50. The summed E-state index contributed by atoms with van der Waals surface area (Å²) < 4.78 is 1.24. The second-order valence-electron chi connectivity index (χ2n) is 6.10. The van der Waals surface area contributed by atoms with E-state index in [1.165, 1.54) is 11.5 Å². The fourth-order valence-corrected chi connectivity index (χ4v) is 3.88. The van der Waals surface area contributed by atoms with E-state index in [2.05, 4.69) is 4.98 Å². The van der Waals surface area contributed by atoms with Crippen molar-refractivity contribution in [2.45, 2.75) is 26.8 Å². The number of carbonyl (C=O) groups excluding carboxylic acids is 1. The number of hydrogen-bond donors (Lipinski definition) is 2. The number of nitrogens with zero attached hydrogens (tertiary/aromatic N) is 2. The van der Waals surface area contributed by atoms with Crippen LogP contribution in [0.2, 0.25) is 0 Å². The zero-order valence-electron chi connectivity index (χ0n) is 14.4. The number of carbonyl (C=O) groups is 2. The highest BCUT2D eigenvalue weighted by molar-refractivity contribution is 7.20. The molecule has 0 saturated heterocycles. The molecule has 0 aliphatic carbocycles. The maximum Gasteiger partial charge on any atom is 0.346 e. The zero-order chi connectivity index (χ0) is 19.2. The van der Waals surface area contributed by atoms with Crippen LogP contribution in [-0.2, 0) is 4.79 Å². The molecule has 1 unspecified atom stereocenters. The first-order chi connectivity index (χ1) is 12.2. The van der Waals surface area contributed by atoms with Crippen LogP contribution in [0.25, 0.3) is 21.6 Å². The number of thiophene rings is 1. The Morgan fingerprint density at radius 3 is 2.58 bits per heavy atom. The first-order valence-corrected chi connectivity index (χ1v) is 8.69. The molecule has 26 heavy (non-hydrogen) atoms. The predicted octanol–water partition coefficient (Wildman–Crippen LogP) is 2.49. The molecule has 2 heterocycles. The molecule has 1 aromatic carbocycles. The zero-order valence-corrected chi connectivity index (χ0v) is 15.3. The average Bonchev–Trinajstić information content (AvgIpc) is 2.91. The van der Waals surface area contributed by atoms with Crippen molar-refractivity contribution in [1.82, 2.24) is 9.55 Å². The molecule has 3 N–H and O–H groups in total. The first kappa shape index (κ1) is 17.8. The van der Waals surface area contributed by atoms with Crippen LogP contribution < -0.4 is 11.3 Å². The van der Waals surface area contributed by atoms with Crippen molar-refractivity contribution in [3.63, 3.8) is 0 Å². The van der Waals surface area contributed by atoms with E-state index in [0.717, 1.165) is 16.9 Å². The van der Waals surface area contributed by atoms with Gasteiger partial charge in [-0.05, 0) is 32.4 Å². The van der Waals surface area contributed by atoms with E-state index in [4.69, 9.17) is 5.73 Å². The molecule has 0 bridgehead atoms. The molecular weight excluding hydrogens is 354 g/mol. The Bertz CT molecular complexity index is 1110. The van der Waals surface area contributed by atoms with Gasteiger partial charge in [-0.1, -0.05) is 23.8 Å². The lowest BCUT2D eigenvalue weighted by atomic mass is 10.1. The summed E-state index contributed by atoms with van der Waals surface area (Å²) in [5, 5.41) is 9.55. The highest BCUT2D eigenvalue weighted by Gasteiger charge is 2.25. The van der Waals surface area contributed by atoms with Crippen LogP contribution in [0.3, 0.4) is 0 Å². The molecule has 3 aromatic rings. The second kappa shape index (κ2) is 6.38. The number of amides is 1. The van der Waals surface area contributed by atoms with Gasteiger partial charge in [0.1, 0.15) is 21.6 Å². The fraction of sp³-hybridized carbons (Fsp3) is 0.222. The third kappa shape index (κ3) is 2.78. The molecule has 2 aromatic heterocycles. The first-order valence-electron chi connectivity index (χ1n) is 7.87. The van der Waals surface area contributed by atoms with Gasteiger partial charge in [0.05, 0.1) is 5.39 Å². The van der Waals surface area contributed by atoms with E-state index < -0.39 is 23.5 Å². The molecule has 3 rings (SSSR count). The minimum atomic E-state index is -1.11. The number of aryl methyl sites for hydroxylation is 2. The van der Waals surface area contributed by atoms with Gasteiger partial charge < -0.3 is 10.8 Å². The highest BCUT2D eigenvalue weighted by atomic mass is 32.1. The van der Waals surface area contributed by atoms with Gasteiger partial charge in [-0.3, -0.25) is 14.2 Å². The van der Waals surface area contributed by atoms with Crippen LogP contribution in [0.1, 0.15) is 33.8 Å². The largest absolute Gasteiger partial charge is 0.477 e. The SMILES string of the molecule is Cc1cccc(-c2nc3sc(C(=O)O)c(C)c3c(=O)n2C(C)C(N)=O)c1. The van der Waals surface area contributed by atoms with Crippen molar-refractivity contribution < 1.29 is 14.7 Å². The van der Waals surface area contributed by atoms with E-state index in [1.807, 2.05) is 25.1 Å². The van der Waals surface area contributed by atoms with Gasteiger partial charge in [-0.25, -0.2) is 9.78 Å². The number of primary amides is 1. The van der Waals surface area contributed by atoms with Crippen LogP contribution in [0.5, 0.6) is 0 Å². The number of carboxylic acids is 1. The Kier molecular flexibility index (Phi) is 4.37. The van der Waals surface area contributed by atoms with Crippen molar-refractivity contribution in [3.05, 3.63) is 50.6 Å². The molecule has 8 heteroatoms. The number of benzene rings is 1. The maximum atomic E-state index is 13.1. The molecule has 7 nitrogen and oxygen atoms in total. The van der Waals surface area contributed by atoms with Gasteiger partial charge in [-0.2, -0.15) is 0 Å². The molecular formula is C18H17N3O4S. The molecule has 134 valence electrons. The Hall–Kier alpha value is -3.00. The lowest BCUT2D eigenvalue weighted by molar-refractivity contribution is -0.120. The molecule has 1 amide bonds. The molecule has 0 aliphatic rings. The van der Waals surface area contributed by atoms with Gasteiger partial charge >= 0.3 is 5.97 Å². The maximum absolute atomic E-state index is 13.1. The smallest absolute Gasteiger partial charge is 0.346 e. The summed E-state index contributed by atoms with van der Waals surface area (Å²) in [7, 11) is 0. The number of carboxylic acid groups (broad SMARTS) is 1. The van der Waals surface area contributed by atoms with E-state index in [0.29, 0.717) is 16.0 Å². The number of aromatic carboxylic acids is 1. The van der Waals surface area contributed by atoms with Crippen LogP contribution in [0.15, 0.2) is 29.1 Å². The summed E-state index contributed by atoms with van der Waals surface area (Å²) in [6.45, 7) is 4.99. The summed E-state index contributed by atoms with van der Waals surface area (Å²) in [5.41, 5.74) is 6.92. The average molecular weight is 371 g/mol. The van der Waals surface area contributed by atoms with Crippen LogP contribution in [-0.4, -0.2) is 26.5 Å². The lowest BCUT2D eigenvalue weighted by Gasteiger charge is -2.17. The minimum Gasteiger partial charge on any atom is -0.477 e. The van der Waals surface area contributed by atoms with Crippen LogP contribution >= 0.6 is 11.3 Å². The lowest BCUT2D eigenvalue weighted by Crippen LogP contribution is -2.33. The van der Waals surface area contributed by atoms with Crippen LogP contribution in [0, 0.1) is 13.8 Å². The fourth-order valence-electron chi connectivity index (χ4n) is 2.87. The number of nitrogens with two attached hydrogens (primary N) is 1. The van der Waals surface area contributed by atoms with Crippen LogP contribution in [0.4, 0.5) is 0 Å². The number of hydrogen-bond acceptors (Lipinski definition) is 5. The number of aromatic nitrogens is 2. The van der Waals surface area contributed by atoms with Gasteiger partial charge in [0.2, 0.25) is 5.91 Å². The molecule has 0 fully saturated rings. The Morgan fingerprint density at radius 2 is 2.00 bits per heavy atom. The van der Waals surface area contributed by atoms with Crippen molar-refractivity contribution in [3.8, 4) is 11.4 Å². The highest BCUT2D eigenvalue weighted by Crippen LogP contribution is 2.30. The topological polar surface area (TPSA) is 115 Å². The Labute approximate surface area is 152 Å². The van der Waals surface area contributed by atoms with Crippen molar-refractivity contribution >= 4 is 33.4 Å². The van der Waals surface area contributed by atoms with Crippen molar-refractivity contribution in [2.75, 3.05) is 0 Å². The third-order valence-electron chi connectivity index (χ3n) is 4.27.